The van der Waals surface area contributed by atoms with Gasteiger partial charge in [-0.05, 0) is 36.8 Å². The van der Waals surface area contributed by atoms with Crippen molar-refractivity contribution in [1.82, 2.24) is 4.57 Å². The first kappa shape index (κ1) is 16.6. The molecular formula is C20H21ClN2O. The lowest BCUT2D eigenvalue weighted by atomic mass is 10.1. The van der Waals surface area contributed by atoms with Crippen LogP contribution in [0.25, 0.3) is 10.9 Å². The van der Waals surface area contributed by atoms with Crippen LogP contribution in [-0.4, -0.2) is 17.5 Å². The maximum Gasteiger partial charge on any atom is 0.260 e. The summed E-state index contributed by atoms with van der Waals surface area (Å²) in [6, 6.07) is 15.4. The van der Waals surface area contributed by atoms with Crippen molar-refractivity contribution in [3.05, 3.63) is 64.8 Å². The molecule has 1 amide bonds. The number of hydrogen-bond donors (Lipinski definition) is 0. The number of aromatic nitrogens is 1. The van der Waals surface area contributed by atoms with Crippen molar-refractivity contribution in [2.45, 2.75) is 19.8 Å². The highest BCUT2D eigenvalue weighted by Gasteiger charge is 2.23. The number of nitrogens with zero attached hydrogens (tertiary/aromatic N) is 2. The summed E-state index contributed by atoms with van der Waals surface area (Å²) in [7, 11) is 3.84. The number of aryl methyl sites for hydroxylation is 1. The van der Waals surface area contributed by atoms with Gasteiger partial charge in [0, 0.05) is 41.4 Å². The van der Waals surface area contributed by atoms with Crippen LogP contribution < -0.4 is 4.90 Å². The second kappa shape index (κ2) is 6.70. The van der Waals surface area contributed by atoms with E-state index in [1.54, 1.807) is 17.0 Å². The number of fused-ring (bicyclic) bond motifs is 1. The number of halogens is 1. The quantitative estimate of drug-likeness (QED) is 0.651. The summed E-state index contributed by atoms with van der Waals surface area (Å²) in [6.45, 7) is 2.13. The topological polar surface area (TPSA) is 25.2 Å². The normalized spacial score (nSPS) is 11.0. The molecule has 3 rings (SSSR count). The summed E-state index contributed by atoms with van der Waals surface area (Å²) in [6.07, 6.45) is 1.87. The van der Waals surface area contributed by atoms with Gasteiger partial charge in [0.2, 0.25) is 0 Å². The molecule has 0 fully saturated rings. The van der Waals surface area contributed by atoms with E-state index in [2.05, 4.69) is 17.6 Å². The largest absolute Gasteiger partial charge is 0.347 e. The van der Waals surface area contributed by atoms with E-state index in [-0.39, 0.29) is 5.91 Å². The highest BCUT2D eigenvalue weighted by Crippen LogP contribution is 2.29. The van der Waals surface area contributed by atoms with Gasteiger partial charge in [0.05, 0.1) is 5.56 Å². The molecule has 0 aliphatic rings. The van der Waals surface area contributed by atoms with Crippen LogP contribution in [0, 0.1) is 0 Å². The highest BCUT2D eigenvalue weighted by molar-refractivity contribution is 6.30. The molecule has 0 saturated heterocycles. The number of amides is 1. The SMILES string of the molecule is CCCc1c(C(=O)N(C)c2ccc(Cl)cc2)c2ccccc2n1C. The molecule has 0 saturated carbocycles. The third-order valence-corrected chi connectivity index (χ3v) is 4.70. The first-order valence-corrected chi connectivity index (χ1v) is 8.52. The lowest BCUT2D eigenvalue weighted by Crippen LogP contribution is -2.27. The minimum atomic E-state index is 0.0116. The maximum absolute atomic E-state index is 13.2. The van der Waals surface area contributed by atoms with Gasteiger partial charge in [0.15, 0.2) is 0 Å². The maximum atomic E-state index is 13.2. The third kappa shape index (κ3) is 2.80. The van der Waals surface area contributed by atoms with Gasteiger partial charge in [0.25, 0.3) is 5.91 Å². The summed E-state index contributed by atoms with van der Waals surface area (Å²) in [5, 5.41) is 1.67. The summed E-state index contributed by atoms with van der Waals surface area (Å²) >= 11 is 5.95. The Kier molecular flexibility index (Phi) is 4.63. The van der Waals surface area contributed by atoms with E-state index >= 15 is 0 Å². The van der Waals surface area contributed by atoms with Crippen LogP contribution in [0.15, 0.2) is 48.5 Å². The second-order valence-electron chi connectivity index (χ2n) is 5.99. The number of para-hydroxylation sites is 1. The number of anilines is 1. The summed E-state index contributed by atoms with van der Waals surface area (Å²) in [5.74, 6) is 0.0116. The van der Waals surface area contributed by atoms with Gasteiger partial charge < -0.3 is 9.47 Å². The van der Waals surface area contributed by atoms with E-state index in [0.717, 1.165) is 40.7 Å². The van der Waals surface area contributed by atoms with Gasteiger partial charge in [-0.25, -0.2) is 0 Å². The molecule has 0 atom stereocenters. The zero-order valence-corrected chi connectivity index (χ0v) is 15.0. The average Bonchev–Trinajstić information content (AvgIpc) is 2.87. The van der Waals surface area contributed by atoms with Gasteiger partial charge in [-0.1, -0.05) is 43.1 Å². The van der Waals surface area contributed by atoms with E-state index in [1.807, 2.05) is 44.4 Å². The molecular weight excluding hydrogens is 320 g/mol. The van der Waals surface area contributed by atoms with Crippen LogP contribution in [0.2, 0.25) is 5.02 Å². The Labute approximate surface area is 147 Å². The molecule has 0 radical (unpaired) electrons. The van der Waals surface area contributed by atoms with Crippen molar-refractivity contribution in [3.63, 3.8) is 0 Å². The van der Waals surface area contributed by atoms with E-state index in [0.29, 0.717) is 5.02 Å². The monoisotopic (exact) mass is 340 g/mol. The van der Waals surface area contributed by atoms with Gasteiger partial charge in [-0.3, -0.25) is 4.79 Å². The van der Waals surface area contributed by atoms with Crippen molar-refractivity contribution in [2.24, 2.45) is 7.05 Å². The number of benzene rings is 2. The van der Waals surface area contributed by atoms with Crippen LogP contribution in [-0.2, 0) is 13.5 Å². The zero-order chi connectivity index (χ0) is 17.3. The van der Waals surface area contributed by atoms with Crippen LogP contribution >= 0.6 is 11.6 Å². The van der Waals surface area contributed by atoms with Crippen LogP contribution in [0.1, 0.15) is 29.4 Å². The molecule has 2 aromatic carbocycles. The fraction of sp³-hybridized carbons (Fsp3) is 0.250. The van der Waals surface area contributed by atoms with Crippen molar-refractivity contribution < 1.29 is 4.79 Å². The molecule has 24 heavy (non-hydrogen) atoms. The molecule has 0 N–H and O–H groups in total. The van der Waals surface area contributed by atoms with E-state index < -0.39 is 0 Å². The van der Waals surface area contributed by atoms with Crippen LogP contribution in [0.3, 0.4) is 0 Å². The van der Waals surface area contributed by atoms with Crippen molar-refractivity contribution in [1.29, 1.82) is 0 Å². The first-order valence-electron chi connectivity index (χ1n) is 8.14. The molecule has 0 aliphatic carbocycles. The van der Waals surface area contributed by atoms with Gasteiger partial charge in [-0.15, -0.1) is 0 Å². The van der Waals surface area contributed by atoms with Crippen LogP contribution in [0.5, 0.6) is 0 Å². The van der Waals surface area contributed by atoms with E-state index in [1.165, 1.54) is 0 Å². The van der Waals surface area contributed by atoms with Crippen LogP contribution in [0.4, 0.5) is 5.69 Å². The molecule has 3 aromatic rings. The predicted molar refractivity (Wildman–Crippen MR) is 101 cm³/mol. The summed E-state index contributed by atoms with van der Waals surface area (Å²) in [5.41, 5.74) is 3.81. The van der Waals surface area contributed by atoms with Gasteiger partial charge in [0.1, 0.15) is 0 Å². The lowest BCUT2D eigenvalue weighted by molar-refractivity contribution is 0.0993. The Morgan fingerprint density at radius 3 is 2.46 bits per heavy atom. The number of hydrogen-bond acceptors (Lipinski definition) is 1. The highest BCUT2D eigenvalue weighted by atomic mass is 35.5. The van der Waals surface area contributed by atoms with Crippen molar-refractivity contribution in [2.75, 3.05) is 11.9 Å². The van der Waals surface area contributed by atoms with E-state index in [9.17, 15) is 4.79 Å². The van der Waals surface area contributed by atoms with Crippen molar-refractivity contribution >= 4 is 34.1 Å². The molecule has 0 bridgehead atoms. The molecule has 0 aliphatic heterocycles. The molecule has 3 nitrogen and oxygen atoms in total. The fourth-order valence-electron chi connectivity index (χ4n) is 3.16. The summed E-state index contributed by atoms with van der Waals surface area (Å²) < 4.78 is 2.14. The van der Waals surface area contributed by atoms with Crippen molar-refractivity contribution in [3.8, 4) is 0 Å². The zero-order valence-electron chi connectivity index (χ0n) is 14.2. The molecule has 4 heteroatoms. The minimum absolute atomic E-state index is 0.0116. The first-order chi connectivity index (χ1) is 11.5. The number of carbonyl (C=O) groups excluding carboxylic acids is 1. The summed E-state index contributed by atoms with van der Waals surface area (Å²) in [4.78, 5) is 14.9. The number of rotatable bonds is 4. The Balaban J connectivity index is 2.12. The Bertz CT molecular complexity index is 881. The standard InChI is InChI=1S/C20H21ClN2O/c1-4-7-18-19(16-8-5-6-9-17(16)23(18)3)20(24)22(2)15-12-10-14(21)11-13-15/h5-6,8-13H,4,7H2,1-3H3. The smallest absolute Gasteiger partial charge is 0.260 e. The predicted octanol–water partition coefficient (Wildman–Crippen LogP) is 5.06. The second-order valence-corrected chi connectivity index (χ2v) is 6.42. The van der Waals surface area contributed by atoms with E-state index in [4.69, 9.17) is 11.6 Å². The molecule has 0 spiro atoms. The van der Waals surface area contributed by atoms with Gasteiger partial charge >= 0.3 is 0 Å². The Hall–Kier alpha value is -2.26. The number of carbonyl (C=O) groups is 1. The molecule has 124 valence electrons. The molecule has 1 aromatic heterocycles. The lowest BCUT2D eigenvalue weighted by Gasteiger charge is -2.18. The molecule has 0 unspecified atom stereocenters. The average molecular weight is 341 g/mol. The fourth-order valence-corrected chi connectivity index (χ4v) is 3.29. The third-order valence-electron chi connectivity index (χ3n) is 4.45. The Morgan fingerprint density at radius 1 is 1.12 bits per heavy atom. The van der Waals surface area contributed by atoms with Gasteiger partial charge in [-0.2, -0.15) is 0 Å². The Morgan fingerprint density at radius 2 is 1.79 bits per heavy atom. The molecule has 1 heterocycles. The minimum Gasteiger partial charge on any atom is -0.347 e.